The Kier molecular flexibility index (Phi) is 10.9. The third kappa shape index (κ3) is 9.77. The van der Waals surface area contributed by atoms with Gasteiger partial charge in [-0.15, -0.1) is 0 Å². The SMILES string of the molecule is CC1(C)COC(=O)/C=C/C(=O)SCCNC(=O)CCNC(=O)[C@@H]1OC(=O)[C@@H](N)Cc1ccc(O)c(O)c1. The van der Waals surface area contributed by atoms with E-state index in [2.05, 4.69) is 10.6 Å². The second kappa shape index (κ2) is 13.7. The number of aromatic hydroxyl groups is 2. The predicted molar refractivity (Wildman–Crippen MR) is 133 cm³/mol. The molecule has 0 spiro atoms. The zero-order chi connectivity index (χ0) is 27.6. The van der Waals surface area contributed by atoms with E-state index >= 15 is 0 Å². The number of carbonyl (C=O) groups excluding carboxylic acids is 5. The summed E-state index contributed by atoms with van der Waals surface area (Å²) in [5, 5.41) is 23.9. The quantitative estimate of drug-likeness (QED) is 0.254. The lowest BCUT2D eigenvalue weighted by Crippen LogP contribution is -2.51. The van der Waals surface area contributed by atoms with E-state index in [9.17, 15) is 34.2 Å². The first-order valence-corrected chi connectivity index (χ1v) is 12.4. The fraction of sp³-hybridized carbons (Fsp3) is 0.458. The minimum Gasteiger partial charge on any atom is -0.504 e. The summed E-state index contributed by atoms with van der Waals surface area (Å²) in [6.45, 7) is 2.89. The molecule has 1 aliphatic rings. The van der Waals surface area contributed by atoms with E-state index < -0.39 is 40.5 Å². The van der Waals surface area contributed by atoms with Crippen molar-refractivity contribution in [1.29, 1.82) is 0 Å². The summed E-state index contributed by atoms with van der Waals surface area (Å²) in [5.41, 5.74) is 5.18. The lowest BCUT2D eigenvalue weighted by molar-refractivity contribution is -0.169. The van der Waals surface area contributed by atoms with E-state index in [1.54, 1.807) is 0 Å². The van der Waals surface area contributed by atoms with Gasteiger partial charge in [-0.1, -0.05) is 31.7 Å². The molecule has 0 aromatic heterocycles. The fourth-order valence-electron chi connectivity index (χ4n) is 3.19. The number of carbonyl (C=O) groups is 5. The first-order valence-electron chi connectivity index (χ1n) is 11.4. The highest BCUT2D eigenvalue weighted by Gasteiger charge is 2.40. The number of cyclic esters (lactones) is 1. The molecule has 6 N–H and O–H groups in total. The van der Waals surface area contributed by atoms with Crippen molar-refractivity contribution in [2.45, 2.75) is 38.8 Å². The van der Waals surface area contributed by atoms with Crippen LogP contribution >= 0.6 is 11.8 Å². The number of amides is 2. The zero-order valence-electron chi connectivity index (χ0n) is 20.5. The van der Waals surface area contributed by atoms with Gasteiger partial charge in [0, 0.05) is 36.8 Å². The van der Waals surface area contributed by atoms with Crippen molar-refractivity contribution in [3.05, 3.63) is 35.9 Å². The summed E-state index contributed by atoms with van der Waals surface area (Å²) < 4.78 is 10.6. The number of nitrogens with one attached hydrogen (secondary N) is 2. The van der Waals surface area contributed by atoms with E-state index in [-0.39, 0.29) is 49.9 Å². The van der Waals surface area contributed by atoms with E-state index in [1.807, 2.05) is 0 Å². The molecule has 0 radical (unpaired) electrons. The average molecular weight is 538 g/mol. The Labute approximate surface area is 217 Å². The number of benzene rings is 1. The fourth-order valence-corrected chi connectivity index (χ4v) is 3.76. The highest BCUT2D eigenvalue weighted by Crippen LogP contribution is 2.27. The molecule has 1 aliphatic heterocycles. The molecule has 0 aliphatic carbocycles. The normalized spacial score (nSPS) is 21.5. The largest absolute Gasteiger partial charge is 0.504 e. The van der Waals surface area contributed by atoms with Gasteiger partial charge in [-0.05, 0) is 30.2 Å². The minimum atomic E-state index is -1.45. The molecule has 12 nitrogen and oxygen atoms in total. The number of hydrogen-bond donors (Lipinski definition) is 5. The number of phenols is 2. The summed E-state index contributed by atoms with van der Waals surface area (Å²) in [6, 6.07) is 2.73. The maximum absolute atomic E-state index is 13.0. The Balaban J connectivity index is 2.18. The van der Waals surface area contributed by atoms with Crippen LogP contribution in [0.2, 0.25) is 0 Å². The van der Waals surface area contributed by atoms with Crippen molar-refractivity contribution in [2.75, 3.05) is 25.4 Å². The Hall–Kier alpha value is -3.58. The van der Waals surface area contributed by atoms with Crippen molar-refractivity contribution >= 4 is 40.6 Å². The first kappa shape index (κ1) is 29.6. The number of hydrogen-bond acceptors (Lipinski definition) is 11. The van der Waals surface area contributed by atoms with Crippen molar-refractivity contribution in [2.24, 2.45) is 11.1 Å². The first-order chi connectivity index (χ1) is 17.4. The van der Waals surface area contributed by atoms with Crippen LogP contribution in [0.4, 0.5) is 0 Å². The van der Waals surface area contributed by atoms with E-state index in [0.717, 1.165) is 23.9 Å². The van der Waals surface area contributed by atoms with Gasteiger partial charge in [-0.25, -0.2) is 4.79 Å². The number of thioether (sulfide) groups is 1. The summed E-state index contributed by atoms with van der Waals surface area (Å²) in [5.74, 6) is -3.24. The van der Waals surface area contributed by atoms with Crippen LogP contribution in [0.25, 0.3) is 0 Å². The minimum absolute atomic E-state index is 0.0514. The van der Waals surface area contributed by atoms with Crippen molar-refractivity contribution in [3.8, 4) is 11.5 Å². The Morgan fingerprint density at radius 1 is 1.16 bits per heavy atom. The van der Waals surface area contributed by atoms with Crippen molar-refractivity contribution < 1.29 is 43.7 Å². The molecule has 1 heterocycles. The summed E-state index contributed by atoms with van der Waals surface area (Å²) in [7, 11) is 0. The Bertz CT molecular complexity index is 1060. The topological polar surface area (TPSA) is 194 Å². The van der Waals surface area contributed by atoms with Crippen LogP contribution in [0.1, 0.15) is 25.8 Å². The molecule has 0 saturated carbocycles. The van der Waals surface area contributed by atoms with E-state index in [0.29, 0.717) is 11.3 Å². The Morgan fingerprint density at radius 2 is 1.89 bits per heavy atom. The molecule has 0 bridgehead atoms. The Morgan fingerprint density at radius 3 is 2.59 bits per heavy atom. The van der Waals surface area contributed by atoms with Crippen molar-refractivity contribution in [1.82, 2.24) is 10.6 Å². The van der Waals surface area contributed by atoms with Gasteiger partial charge in [0.05, 0.1) is 0 Å². The van der Waals surface area contributed by atoms with Gasteiger partial charge in [0.1, 0.15) is 12.6 Å². The molecular weight excluding hydrogens is 506 g/mol. The van der Waals surface area contributed by atoms with Gasteiger partial charge in [0.2, 0.25) is 11.0 Å². The highest BCUT2D eigenvalue weighted by atomic mass is 32.2. The maximum Gasteiger partial charge on any atom is 0.330 e. The van der Waals surface area contributed by atoms with Gasteiger partial charge < -0.3 is 36.1 Å². The summed E-state index contributed by atoms with van der Waals surface area (Å²) in [6.07, 6.45) is 0.431. The van der Waals surface area contributed by atoms with Gasteiger partial charge in [-0.3, -0.25) is 19.2 Å². The van der Waals surface area contributed by atoms with Gasteiger partial charge in [0.15, 0.2) is 17.6 Å². The molecule has 13 heteroatoms. The van der Waals surface area contributed by atoms with Gasteiger partial charge in [0.25, 0.3) is 5.91 Å². The molecule has 2 atom stereocenters. The number of rotatable bonds is 4. The number of ether oxygens (including phenoxy) is 2. The molecule has 0 saturated heterocycles. The maximum atomic E-state index is 13.0. The average Bonchev–Trinajstić information content (AvgIpc) is 2.84. The molecule has 2 amide bonds. The summed E-state index contributed by atoms with van der Waals surface area (Å²) in [4.78, 5) is 61.7. The molecular formula is C24H31N3O9S. The van der Waals surface area contributed by atoms with Crippen LogP contribution in [-0.2, 0) is 39.9 Å². The summed E-state index contributed by atoms with van der Waals surface area (Å²) >= 11 is 0.919. The van der Waals surface area contributed by atoms with Crippen LogP contribution in [0.5, 0.6) is 11.5 Å². The van der Waals surface area contributed by atoms with E-state index in [4.69, 9.17) is 15.2 Å². The monoisotopic (exact) mass is 537 g/mol. The molecule has 37 heavy (non-hydrogen) atoms. The number of nitrogens with two attached hydrogens (primary N) is 1. The number of esters is 2. The lowest BCUT2D eigenvalue weighted by atomic mass is 9.86. The second-order valence-corrected chi connectivity index (χ2v) is 10.0. The second-order valence-electron chi connectivity index (χ2n) is 8.94. The third-order valence-corrected chi connectivity index (χ3v) is 6.07. The van der Waals surface area contributed by atoms with Crippen LogP contribution < -0.4 is 16.4 Å². The van der Waals surface area contributed by atoms with E-state index in [1.165, 1.54) is 32.0 Å². The number of phenolic OH excluding ortho intramolecular Hbond substituents is 2. The molecule has 0 fully saturated rings. The van der Waals surface area contributed by atoms with Gasteiger partial charge in [-0.2, -0.15) is 0 Å². The predicted octanol–water partition coefficient (Wildman–Crippen LogP) is -0.0991. The van der Waals surface area contributed by atoms with Crippen LogP contribution in [0.3, 0.4) is 0 Å². The molecule has 2 rings (SSSR count). The molecule has 0 unspecified atom stereocenters. The molecule has 1 aromatic rings. The molecule has 202 valence electrons. The highest BCUT2D eigenvalue weighted by molar-refractivity contribution is 8.14. The molecule has 1 aromatic carbocycles. The smallest absolute Gasteiger partial charge is 0.330 e. The third-order valence-electron chi connectivity index (χ3n) is 5.24. The van der Waals surface area contributed by atoms with Crippen molar-refractivity contribution in [3.63, 3.8) is 0 Å². The standard InChI is InChI=1S/C24H31N3O9S/c1-24(2)13-35-19(31)5-6-20(32)37-10-9-26-18(30)7-8-27-22(33)21(24)36-23(34)15(25)11-14-3-4-16(28)17(29)12-14/h3-6,12,15,21,28-29H,7-11,13,25H2,1-2H3,(H,26,30)(H,27,33)/b6-5+/t15-,21-/m0/s1. The van der Waals surface area contributed by atoms with Crippen LogP contribution in [0.15, 0.2) is 30.4 Å². The van der Waals surface area contributed by atoms with Crippen LogP contribution in [-0.4, -0.2) is 76.7 Å². The van der Waals surface area contributed by atoms with Gasteiger partial charge >= 0.3 is 11.9 Å². The lowest BCUT2D eigenvalue weighted by Gasteiger charge is -2.32. The zero-order valence-corrected chi connectivity index (χ0v) is 21.3. The van der Waals surface area contributed by atoms with Crippen LogP contribution in [0, 0.1) is 5.41 Å².